The second kappa shape index (κ2) is 10.2. The summed E-state index contributed by atoms with van der Waals surface area (Å²) in [5.74, 6) is 2.90. The Kier molecular flexibility index (Phi) is 6.24. The van der Waals surface area contributed by atoms with E-state index in [2.05, 4.69) is 81.9 Å². The highest BCUT2D eigenvalue weighted by Gasteiger charge is 2.14. The van der Waals surface area contributed by atoms with Gasteiger partial charge in [0.25, 0.3) is 0 Å². The number of hydrogen-bond donors (Lipinski definition) is 0. The summed E-state index contributed by atoms with van der Waals surface area (Å²) < 4.78 is 27.2. The first-order chi connectivity index (χ1) is 20.6. The van der Waals surface area contributed by atoms with Crippen LogP contribution in [0.4, 0.5) is 0 Å². The van der Waals surface area contributed by atoms with Crippen LogP contribution in [0.15, 0.2) is 109 Å². The molecule has 0 saturated carbocycles. The van der Waals surface area contributed by atoms with Gasteiger partial charge in [0.05, 0.1) is 50.8 Å². The Morgan fingerprint density at radius 3 is 1.14 bits per heavy atom. The van der Waals surface area contributed by atoms with E-state index in [0.29, 0.717) is 0 Å². The lowest BCUT2D eigenvalue weighted by Crippen LogP contribution is -2.02. The molecule has 0 aliphatic heterocycles. The predicted octanol–water partition coefficient (Wildman–Crippen LogP) is 8.48. The molecule has 4 bridgehead atoms. The van der Waals surface area contributed by atoms with Gasteiger partial charge < -0.3 is 28.1 Å². The Morgan fingerprint density at radius 1 is 0.405 bits per heavy atom. The Hall–Kier alpha value is -5.36. The fraction of sp³-hybridized carbons (Fsp3) is 0.111. The van der Waals surface area contributed by atoms with Gasteiger partial charge >= 0.3 is 0 Å². The number of methoxy groups -OCH3 is 4. The highest BCUT2D eigenvalue weighted by atomic mass is 16.5. The number of rotatable bonds is 6. The van der Waals surface area contributed by atoms with E-state index in [1.165, 1.54) is 0 Å². The highest BCUT2D eigenvalue weighted by molar-refractivity contribution is 6.04. The molecule has 0 N–H and O–H groups in total. The third-order valence-electron chi connectivity index (χ3n) is 7.87. The summed E-state index contributed by atoms with van der Waals surface area (Å²) in [5.41, 5.74) is 6.02. The average molecular weight is 555 g/mol. The normalized spacial score (nSPS) is 11.3. The summed E-state index contributed by atoms with van der Waals surface area (Å²) in [7, 11) is 6.71. The van der Waals surface area contributed by atoms with Crippen LogP contribution in [-0.4, -0.2) is 37.6 Å². The van der Waals surface area contributed by atoms with Crippen molar-refractivity contribution in [2.45, 2.75) is 0 Å². The van der Waals surface area contributed by atoms with Gasteiger partial charge in [0, 0.05) is 58.2 Å². The van der Waals surface area contributed by atoms with Crippen molar-refractivity contribution in [3.63, 3.8) is 0 Å². The zero-order valence-electron chi connectivity index (χ0n) is 23.9. The Balaban J connectivity index is 1.72. The number of hydrogen-bond acceptors (Lipinski definition) is 4. The maximum Gasteiger partial charge on any atom is 0.124 e. The quantitative estimate of drug-likeness (QED) is 0.207. The van der Waals surface area contributed by atoms with E-state index in [-0.39, 0.29) is 0 Å². The number of benzene rings is 6. The molecule has 208 valence electrons. The van der Waals surface area contributed by atoms with Crippen molar-refractivity contribution in [1.82, 2.24) is 9.13 Å². The maximum absolute atomic E-state index is 5.67. The van der Waals surface area contributed by atoms with Crippen molar-refractivity contribution >= 4 is 43.6 Å². The van der Waals surface area contributed by atoms with Crippen molar-refractivity contribution in [3.05, 3.63) is 109 Å². The average Bonchev–Trinajstić information content (AvgIpc) is 3.04. The molecule has 7 aromatic rings. The Morgan fingerprint density at radius 2 is 0.786 bits per heavy atom. The van der Waals surface area contributed by atoms with Gasteiger partial charge in [-0.05, 0) is 47.2 Å². The van der Waals surface area contributed by atoms with E-state index >= 15 is 0 Å². The minimum absolute atomic E-state index is 0.724. The van der Waals surface area contributed by atoms with Gasteiger partial charge in [0.15, 0.2) is 0 Å². The molecule has 0 radical (unpaired) electrons. The Labute approximate surface area is 243 Å². The first-order valence-electron chi connectivity index (χ1n) is 13.7. The van der Waals surface area contributed by atoms with Crippen LogP contribution >= 0.6 is 0 Å². The molecule has 0 spiro atoms. The molecule has 0 saturated heterocycles. The van der Waals surface area contributed by atoms with Crippen LogP contribution in [0.5, 0.6) is 23.0 Å². The van der Waals surface area contributed by atoms with Gasteiger partial charge in [-0.15, -0.1) is 0 Å². The molecular formula is C36H30N2O4. The Bertz CT molecular complexity index is 1960. The zero-order chi connectivity index (χ0) is 28.8. The van der Waals surface area contributed by atoms with Crippen LogP contribution in [0, 0.1) is 0 Å². The molecule has 6 nitrogen and oxygen atoms in total. The summed E-state index contributed by atoms with van der Waals surface area (Å²) in [6.45, 7) is 0. The third kappa shape index (κ3) is 4.20. The van der Waals surface area contributed by atoms with Crippen molar-refractivity contribution in [2.24, 2.45) is 0 Å². The summed E-state index contributed by atoms with van der Waals surface area (Å²) >= 11 is 0. The lowest BCUT2D eigenvalue weighted by molar-refractivity contribution is 0.394. The van der Waals surface area contributed by atoms with E-state index in [4.69, 9.17) is 18.9 Å². The van der Waals surface area contributed by atoms with Crippen LogP contribution in [0.1, 0.15) is 0 Å². The first-order valence-corrected chi connectivity index (χ1v) is 13.7. The smallest absolute Gasteiger partial charge is 0.124 e. The molecule has 0 atom stereocenters. The molecule has 7 rings (SSSR count). The van der Waals surface area contributed by atoms with E-state index in [9.17, 15) is 0 Å². The van der Waals surface area contributed by atoms with E-state index in [1.54, 1.807) is 28.4 Å². The van der Waals surface area contributed by atoms with E-state index < -0.39 is 0 Å². The monoisotopic (exact) mass is 554 g/mol. The number of aromatic nitrogens is 2. The maximum atomic E-state index is 5.67. The molecule has 1 aromatic heterocycles. The summed E-state index contributed by atoms with van der Waals surface area (Å²) in [5, 5.41) is 4.48. The van der Waals surface area contributed by atoms with Gasteiger partial charge in [-0.3, -0.25) is 0 Å². The minimum Gasteiger partial charge on any atom is -0.497 e. The van der Waals surface area contributed by atoms with Crippen molar-refractivity contribution < 1.29 is 18.9 Å². The van der Waals surface area contributed by atoms with Gasteiger partial charge in [0.1, 0.15) is 23.0 Å². The van der Waals surface area contributed by atoms with Gasteiger partial charge in [-0.1, -0.05) is 36.4 Å². The topological polar surface area (TPSA) is 46.8 Å². The first kappa shape index (κ1) is 25.6. The molecule has 0 unspecified atom stereocenters. The van der Waals surface area contributed by atoms with E-state index in [0.717, 1.165) is 78.0 Å². The minimum atomic E-state index is 0.724. The molecule has 1 heterocycles. The second-order valence-electron chi connectivity index (χ2n) is 10.2. The van der Waals surface area contributed by atoms with Crippen molar-refractivity contribution in [1.29, 1.82) is 0 Å². The molecule has 0 amide bonds. The molecule has 42 heavy (non-hydrogen) atoms. The molecule has 0 aliphatic rings. The predicted molar refractivity (Wildman–Crippen MR) is 170 cm³/mol. The lowest BCUT2D eigenvalue weighted by Gasteiger charge is -2.19. The fourth-order valence-electron chi connectivity index (χ4n) is 5.85. The van der Waals surface area contributed by atoms with Crippen LogP contribution in [0.2, 0.25) is 0 Å². The third-order valence-corrected chi connectivity index (χ3v) is 7.87. The van der Waals surface area contributed by atoms with Gasteiger partial charge in [-0.25, -0.2) is 0 Å². The summed E-state index contributed by atoms with van der Waals surface area (Å²) in [6.07, 6.45) is 0. The zero-order valence-corrected chi connectivity index (χ0v) is 23.9. The summed E-state index contributed by atoms with van der Waals surface area (Å²) in [4.78, 5) is 0. The van der Waals surface area contributed by atoms with Crippen LogP contribution in [-0.2, 0) is 0 Å². The second-order valence-corrected chi connectivity index (χ2v) is 10.2. The number of fused-ring (bicyclic) bond motifs is 2. The summed E-state index contributed by atoms with van der Waals surface area (Å²) in [6, 6.07) is 38.0. The highest BCUT2D eigenvalue weighted by Crippen LogP contribution is 2.35. The molecular weight excluding hydrogens is 524 g/mol. The van der Waals surface area contributed by atoms with Gasteiger partial charge in [-0.2, -0.15) is 0 Å². The van der Waals surface area contributed by atoms with Crippen molar-refractivity contribution in [2.75, 3.05) is 28.4 Å². The van der Waals surface area contributed by atoms with Crippen molar-refractivity contribution in [3.8, 4) is 34.4 Å². The largest absolute Gasteiger partial charge is 0.497 e. The molecule has 0 fully saturated rings. The van der Waals surface area contributed by atoms with Gasteiger partial charge in [0.2, 0.25) is 0 Å². The number of nitrogens with zero attached hydrogens (tertiary/aromatic N) is 2. The standard InChI is InChI=1S/C36H30N2O4/c1-39-29-15-27(16-30(21-29)40-2)37-25-13-11-24-8-6-10-36(34(24)19-25)38(28-17-31(41-3)22-32(18-28)42-4)26-14-12-23-7-5-9-35(37)33(23)20-26/h5-22H,1-4H3. The molecule has 6 aromatic carbocycles. The van der Waals surface area contributed by atoms with Crippen LogP contribution in [0.3, 0.4) is 0 Å². The molecule has 6 heteroatoms. The number of ether oxygens (including phenoxy) is 4. The van der Waals surface area contributed by atoms with E-state index in [1.807, 2.05) is 36.4 Å². The fourth-order valence-corrected chi connectivity index (χ4v) is 5.85. The lowest BCUT2D eigenvalue weighted by atomic mass is 10.0. The van der Waals surface area contributed by atoms with Crippen LogP contribution < -0.4 is 18.9 Å². The SMILES string of the molecule is COc1cc(OC)cc(-n2c3ccc4cccc(c4c3)n(-c3cc(OC)cc(OC)c3)c3ccc4cccc2c4c3)c1. The molecule has 0 aliphatic carbocycles. The van der Waals surface area contributed by atoms with Crippen LogP contribution in [0.25, 0.3) is 55.0 Å².